The predicted octanol–water partition coefficient (Wildman–Crippen LogP) is 1.88. The van der Waals surface area contributed by atoms with E-state index in [2.05, 4.69) is 5.32 Å². The number of carbonyl (C=O) groups is 2. The summed E-state index contributed by atoms with van der Waals surface area (Å²) in [4.78, 5) is 23.4. The van der Waals surface area contributed by atoms with Crippen LogP contribution in [0.3, 0.4) is 0 Å². The van der Waals surface area contributed by atoms with Crippen molar-refractivity contribution in [2.24, 2.45) is 5.41 Å². The third-order valence-electron chi connectivity index (χ3n) is 4.30. The molecular formula is C15H17NO4. The first kappa shape index (κ1) is 13.0. The molecule has 0 radical (unpaired) electrons. The number of hydrogen-bond donors (Lipinski definition) is 2. The van der Waals surface area contributed by atoms with Gasteiger partial charge >= 0.3 is 5.97 Å². The van der Waals surface area contributed by atoms with Gasteiger partial charge in [0.25, 0.3) is 0 Å². The fourth-order valence-electron chi connectivity index (χ4n) is 2.90. The standard InChI is InChI=1S/C15H17NO4/c17-13(8-15(14(18)19)6-3-7-15)16-11-9-20-12-5-2-1-4-10(11)12/h1-2,4-5,11H,3,6-9H2,(H,16,17)(H,18,19). The van der Waals surface area contributed by atoms with E-state index < -0.39 is 11.4 Å². The molecule has 0 bridgehead atoms. The van der Waals surface area contributed by atoms with Crippen LogP contribution in [-0.2, 0) is 9.59 Å². The zero-order chi connectivity index (χ0) is 14.2. The zero-order valence-electron chi connectivity index (χ0n) is 11.1. The van der Waals surface area contributed by atoms with Crippen LogP contribution in [0, 0.1) is 5.41 Å². The summed E-state index contributed by atoms with van der Waals surface area (Å²) in [6, 6.07) is 7.40. The van der Waals surface area contributed by atoms with Gasteiger partial charge in [-0.25, -0.2) is 0 Å². The Morgan fingerprint density at radius 1 is 1.35 bits per heavy atom. The summed E-state index contributed by atoms with van der Waals surface area (Å²) in [6.07, 6.45) is 2.12. The molecule has 2 aliphatic rings. The monoisotopic (exact) mass is 275 g/mol. The number of aliphatic carboxylic acids is 1. The van der Waals surface area contributed by atoms with Crippen molar-refractivity contribution in [3.8, 4) is 5.75 Å². The van der Waals surface area contributed by atoms with Crippen LogP contribution in [0.5, 0.6) is 5.75 Å². The fraction of sp³-hybridized carbons (Fsp3) is 0.467. The van der Waals surface area contributed by atoms with Crippen molar-refractivity contribution in [1.29, 1.82) is 0 Å². The molecule has 5 nitrogen and oxygen atoms in total. The number of benzene rings is 1. The summed E-state index contributed by atoms with van der Waals surface area (Å²) >= 11 is 0. The first-order valence-electron chi connectivity index (χ1n) is 6.85. The molecule has 1 atom stereocenters. The normalized spacial score (nSPS) is 22.3. The van der Waals surface area contributed by atoms with Crippen molar-refractivity contribution in [2.45, 2.75) is 31.7 Å². The highest BCUT2D eigenvalue weighted by Gasteiger charge is 2.46. The summed E-state index contributed by atoms with van der Waals surface area (Å²) in [7, 11) is 0. The minimum absolute atomic E-state index is 0.0565. The summed E-state index contributed by atoms with van der Waals surface area (Å²) < 4.78 is 5.50. The highest BCUT2D eigenvalue weighted by molar-refractivity contribution is 5.86. The molecule has 1 aliphatic carbocycles. The Labute approximate surface area is 116 Å². The Morgan fingerprint density at radius 3 is 2.75 bits per heavy atom. The lowest BCUT2D eigenvalue weighted by molar-refractivity contribution is -0.157. The van der Waals surface area contributed by atoms with Gasteiger partial charge in [0, 0.05) is 12.0 Å². The van der Waals surface area contributed by atoms with E-state index in [0.717, 1.165) is 17.7 Å². The minimum atomic E-state index is -0.859. The maximum absolute atomic E-state index is 12.1. The zero-order valence-corrected chi connectivity index (χ0v) is 11.1. The van der Waals surface area contributed by atoms with Gasteiger partial charge in [0.15, 0.2) is 0 Å². The number of carboxylic acids is 1. The van der Waals surface area contributed by atoms with Gasteiger partial charge in [0.1, 0.15) is 12.4 Å². The lowest BCUT2D eigenvalue weighted by Gasteiger charge is -2.37. The van der Waals surface area contributed by atoms with E-state index in [1.165, 1.54) is 0 Å². The van der Waals surface area contributed by atoms with Crippen LogP contribution in [0.15, 0.2) is 24.3 Å². The molecule has 1 aliphatic heterocycles. The van der Waals surface area contributed by atoms with Crippen LogP contribution >= 0.6 is 0 Å². The third kappa shape index (κ3) is 2.13. The van der Waals surface area contributed by atoms with Crippen LogP contribution in [0.25, 0.3) is 0 Å². The first-order valence-corrected chi connectivity index (χ1v) is 6.85. The second-order valence-electron chi connectivity index (χ2n) is 5.58. The van der Waals surface area contributed by atoms with Crippen molar-refractivity contribution >= 4 is 11.9 Å². The van der Waals surface area contributed by atoms with E-state index in [1.807, 2.05) is 24.3 Å². The summed E-state index contributed by atoms with van der Waals surface area (Å²) in [6.45, 7) is 0.408. The van der Waals surface area contributed by atoms with Crippen LogP contribution in [0.4, 0.5) is 0 Å². The Morgan fingerprint density at radius 2 is 2.10 bits per heavy atom. The van der Waals surface area contributed by atoms with E-state index in [9.17, 15) is 14.7 Å². The van der Waals surface area contributed by atoms with Gasteiger partial charge in [-0.05, 0) is 18.9 Å². The molecular weight excluding hydrogens is 258 g/mol. The van der Waals surface area contributed by atoms with Gasteiger partial charge in [-0.2, -0.15) is 0 Å². The molecule has 1 heterocycles. The summed E-state index contributed by atoms with van der Waals surface area (Å²) in [5.74, 6) is -0.284. The maximum atomic E-state index is 12.1. The average Bonchev–Trinajstić information content (AvgIpc) is 2.77. The molecule has 0 saturated heterocycles. The van der Waals surface area contributed by atoms with E-state index in [-0.39, 0.29) is 18.4 Å². The minimum Gasteiger partial charge on any atom is -0.491 e. The highest BCUT2D eigenvalue weighted by atomic mass is 16.5. The van der Waals surface area contributed by atoms with Crippen molar-refractivity contribution in [2.75, 3.05) is 6.61 Å². The number of ether oxygens (including phenoxy) is 1. The molecule has 0 aromatic heterocycles. The second kappa shape index (κ2) is 4.81. The van der Waals surface area contributed by atoms with Crippen LogP contribution < -0.4 is 10.1 Å². The highest BCUT2D eigenvalue weighted by Crippen LogP contribution is 2.44. The van der Waals surface area contributed by atoms with Gasteiger partial charge in [0.05, 0.1) is 11.5 Å². The predicted molar refractivity (Wildman–Crippen MR) is 71.4 cm³/mol. The van der Waals surface area contributed by atoms with E-state index in [0.29, 0.717) is 19.4 Å². The van der Waals surface area contributed by atoms with Gasteiger partial charge in [-0.1, -0.05) is 24.6 Å². The first-order chi connectivity index (χ1) is 9.61. The molecule has 106 valence electrons. The lowest BCUT2D eigenvalue weighted by atomic mass is 9.66. The summed E-state index contributed by atoms with van der Waals surface area (Å²) in [5, 5.41) is 12.1. The fourth-order valence-corrected chi connectivity index (χ4v) is 2.90. The van der Waals surface area contributed by atoms with Gasteiger partial charge < -0.3 is 15.2 Å². The van der Waals surface area contributed by atoms with Crippen LogP contribution in [0.1, 0.15) is 37.3 Å². The third-order valence-corrected chi connectivity index (χ3v) is 4.30. The number of carboxylic acid groups (broad SMARTS) is 1. The van der Waals surface area contributed by atoms with Gasteiger partial charge in [-0.15, -0.1) is 0 Å². The molecule has 1 unspecified atom stereocenters. The molecule has 0 spiro atoms. The van der Waals surface area contributed by atoms with Gasteiger partial charge in [-0.3, -0.25) is 9.59 Å². The Hall–Kier alpha value is -2.04. The van der Waals surface area contributed by atoms with Crippen molar-refractivity contribution < 1.29 is 19.4 Å². The number of nitrogens with one attached hydrogen (secondary N) is 1. The molecule has 1 saturated carbocycles. The summed E-state index contributed by atoms with van der Waals surface area (Å²) in [5.41, 5.74) is 0.113. The SMILES string of the molecule is O=C(CC1(C(=O)O)CCC1)NC1COc2ccccc21. The number of para-hydroxylation sites is 1. The van der Waals surface area contributed by atoms with Crippen molar-refractivity contribution in [3.05, 3.63) is 29.8 Å². The number of rotatable bonds is 4. The van der Waals surface area contributed by atoms with Crippen LogP contribution in [-0.4, -0.2) is 23.6 Å². The van der Waals surface area contributed by atoms with E-state index in [1.54, 1.807) is 0 Å². The Balaban J connectivity index is 1.65. The number of hydrogen-bond acceptors (Lipinski definition) is 3. The maximum Gasteiger partial charge on any atom is 0.310 e. The molecule has 3 rings (SSSR count). The molecule has 1 fully saturated rings. The van der Waals surface area contributed by atoms with Crippen molar-refractivity contribution in [1.82, 2.24) is 5.32 Å². The lowest BCUT2D eigenvalue weighted by Crippen LogP contribution is -2.43. The number of amides is 1. The Bertz CT molecular complexity index is 551. The second-order valence-corrected chi connectivity index (χ2v) is 5.58. The topological polar surface area (TPSA) is 75.6 Å². The van der Waals surface area contributed by atoms with Crippen LogP contribution in [0.2, 0.25) is 0 Å². The number of fused-ring (bicyclic) bond motifs is 1. The smallest absolute Gasteiger partial charge is 0.310 e. The number of carbonyl (C=O) groups excluding carboxylic acids is 1. The van der Waals surface area contributed by atoms with E-state index in [4.69, 9.17) is 4.74 Å². The quantitative estimate of drug-likeness (QED) is 0.879. The van der Waals surface area contributed by atoms with E-state index >= 15 is 0 Å². The largest absolute Gasteiger partial charge is 0.491 e. The molecule has 2 N–H and O–H groups in total. The van der Waals surface area contributed by atoms with Gasteiger partial charge in [0.2, 0.25) is 5.91 Å². The average molecular weight is 275 g/mol. The molecule has 20 heavy (non-hydrogen) atoms. The molecule has 5 heteroatoms. The Kier molecular flexibility index (Phi) is 3.12. The molecule has 1 aromatic rings. The molecule has 1 aromatic carbocycles. The molecule has 1 amide bonds. The van der Waals surface area contributed by atoms with Crippen molar-refractivity contribution in [3.63, 3.8) is 0 Å².